The highest BCUT2D eigenvalue weighted by molar-refractivity contribution is 5.69. The molecule has 5 aliphatic carbocycles. The predicted octanol–water partition coefficient (Wildman–Crippen LogP) is 5.09. The van der Waals surface area contributed by atoms with Crippen molar-refractivity contribution in [1.82, 2.24) is 9.80 Å². The summed E-state index contributed by atoms with van der Waals surface area (Å²) in [5, 5.41) is 23.8. The third-order valence-electron chi connectivity index (χ3n) is 16.6. The van der Waals surface area contributed by atoms with Crippen LogP contribution < -0.4 is 5.73 Å². The van der Waals surface area contributed by atoms with E-state index in [9.17, 15) is 20.0 Å². The minimum Gasteiger partial charge on any atom is -0.445 e. The number of aliphatic hydroxyl groups excluding tert-OH is 1. The molecule has 3 aliphatic heterocycles. The molecule has 0 aromatic carbocycles. The summed E-state index contributed by atoms with van der Waals surface area (Å²) in [6.45, 7) is 16.6. The number of amides is 2. The second-order valence-electron chi connectivity index (χ2n) is 18.9. The fraction of sp³-hybridized carbons (Fsp3) is 0.923. The Bertz CT molecular complexity index is 1440. The fourth-order valence-corrected chi connectivity index (χ4v) is 13.9. The number of carbonyl (C=O) groups is 2. The van der Waals surface area contributed by atoms with Crippen molar-refractivity contribution in [3.05, 3.63) is 0 Å². The topological polar surface area (TPSA) is 148 Å². The highest BCUT2D eigenvalue weighted by atomic mass is 16.6. The molecule has 8 aliphatic rings. The number of hydrogen-bond donors (Lipinski definition) is 2. The minimum absolute atomic E-state index is 0.0541. The quantitative estimate of drug-likeness (QED) is 0.410. The number of ether oxygens (including phenoxy) is 4. The average molecular weight is 697 g/mol. The second kappa shape index (κ2) is 11.4. The number of fused-ring (bicyclic) bond motifs is 4. The molecule has 3 N–H and O–H groups in total. The Kier molecular flexibility index (Phi) is 7.99. The Morgan fingerprint density at radius 3 is 2.34 bits per heavy atom. The van der Waals surface area contributed by atoms with E-state index in [0.717, 1.165) is 64.5 Å². The van der Waals surface area contributed by atoms with Gasteiger partial charge < -0.3 is 39.6 Å². The number of morpholine rings is 1. The van der Waals surface area contributed by atoms with Gasteiger partial charge in [-0.15, -0.1) is 0 Å². The maximum absolute atomic E-state index is 13.3. The van der Waals surface area contributed by atoms with E-state index in [2.05, 4.69) is 47.6 Å². The Balaban J connectivity index is 1.06. The number of hydrogen-bond acceptors (Lipinski definition) is 9. The summed E-state index contributed by atoms with van der Waals surface area (Å²) in [6, 6.07) is 2.92. The molecular formula is C39H60N4O7. The number of nitriles is 1. The third-order valence-corrected chi connectivity index (χ3v) is 16.6. The Labute approximate surface area is 297 Å². The Morgan fingerprint density at radius 2 is 1.70 bits per heavy atom. The van der Waals surface area contributed by atoms with Gasteiger partial charge in [0, 0.05) is 31.6 Å². The maximum Gasteiger partial charge on any atom is 0.410 e. The first-order valence-electron chi connectivity index (χ1n) is 19.7. The van der Waals surface area contributed by atoms with E-state index in [-0.39, 0.29) is 64.3 Å². The molecule has 11 nitrogen and oxygen atoms in total. The van der Waals surface area contributed by atoms with Crippen LogP contribution in [0.25, 0.3) is 0 Å². The van der Waals surface area contributed by atoms with Crippen molar-refractivity contribution < 1.29 is 33.6 Å². The number of rotatable bonds is 4. The van der Waals surface area contributed by atoms with E-state index in [1.54, 1.807) is 9.80 Å². The second-order valence-corrected chi connectivity index (χ2v) is 18.9. The van der Waals surface area contributed by atoms with Gasteiger partial charge in [-0.05, 0) is 97.7 Å². The van der Waals surface area contributed by atoms with Crippen LogP contribution in [0.15, 0.2) is 0 Å². The van der Waals surface area contributed by atoms with Crippen LogP contribution in [0.3, 0.4) is 0 Å². The van der Waals surface area contributed by atoms with Gasteiger partial charge in [0.05, 0.1) is 48.5 Å². The van der Waals surface area contributed by atoms with Crippen molar-refractivity contribution >= 4 is 12.2 Å². The summed E-state index contributed by atoms with van der Waals surface area (Å²) in [4.78, 5) is 29.7. The zero-order valence-corrected chi connectivity index (χ0v) is 31.1. The van der Waals surface area contributed by atoms with E-state index in [4.69, 9.17) is 24.7 Å². The van der Waals surface area contributed by atoms with Gasteiger partial charge in [-0.3, -0.25) is 0 Å². The van der Waals surface area contributed by atoms with Gasteiger partial charge in [0.2, 0.25) is 0 Å². The van der Waals surface area contributed by atoms with Crippen molar-refractivity contribution in [2.24, 2.45) is 56.5 Å². The third kappa shape index (κ3) is 4.22. The molecule has 3 heterocycles. The zero-order valence-electron chi connectivity index (χ0n) is 31.1. The lowest BCUT2D eigenvalue weighted by molar-refractivity contribution is -0.181. The molecule has 11 heteroatoms. The molecule has 13 atom stereocenters. The minimum atomic E-state index is -0.875. The number of nitrogens with two attached hydrogens (primary N) is 1. The summed E-state index contributed by atoms with van der Waals surface area (Å²) in [7, 11) is 0. The Morgan fingerprint density at radius 1 is 1.00 bits per heavy atom. The number of likely N-dealkylation sites (tertiary alicyclic amines) is 1. The molecule has 0 aromatic heterocycles. The molecule has 5 saturated carbocycles. The largest absolute Gasteiger partial charge is 0.445 e. The summed E-state index contributed by atoms with van der Waals surface area (Å²) in [5.74, 6) is 0.431. The molecule has 0 bridgehead atoms. The first-order chi connectivity index (χ1) is 23.6. The van der Waals surface area contributed by atoms with E-state index in [1.165, 1.54) is 0 Å². The van der Waals surface area contributed by atoms with Crippen LogP contribution in [0.5, 0.6) is 0 Å². The SMILES string of the molecule is CC(C)C(OC(=O)N1CCC1)C1CC(C)C2C(O1)C(O)C1(N)C3CCC4(C#N)C(C)(C)C(OC(=O)N5CCOCC5)CCC45CC35CCC21C. The fourth-order valence-electron chi connectivity index (χ4n) is 13.9. The molecule has 0 aromatic rings. The zero-order chi connectivity index (χ0) is 35.6. The molecule has 0 radical (unpaired) electrons. The van der Waals surface area contributed by atoms with Crippen molar-refractivity contribution in [3.8, 4) is 6.07 Å². The molecule has 8 fully saturated rings. The Hall–Kier alpha value is -2.13. The van der Waals surface area contributed by atoms with Crippen molar-refractivity contribution in [1.29, 1.82) is 5.26 Å². The lowest BCUT2D eigenvalue weighted by Crippen LogP contribution is -2.71. The molecule has 2 spiro atoms. The van der Waals surface area contributed by atoms with Gasteiger partial charge in [-0.25, -0.2) is 9.59 Å². The molecule has 278 valence electrons. The first kappa shape index (κ1) is 34.9. The smallest absolute Gasteiger partial charge is 0.410 e. The summed E-state index contributed by atoms with van der Waals surface area (Å²) < 4.78 is 24.8. The van der Waals surface area contributed by atoms with Gasteiger partial charge in [-0.2, -0.15) is 5.26 Å². The van der Waals surface area contributed by atoms with Gasteiger partial charge in [0.1, 0.15) is 12.2 Å². The maximum atomic E-state index is 13.3. The van der Waals surface area contributed by atoms with Gasteiger partial charge in [0.25, 0.3) is 0 Å². The summed E-state index contributed by atoms with van der Waals surface area (Å²) >= 11 is 0. The highest BCUT2D eigenvalue weighted by Gasteiger charge is 2.89. The summed E-state index contributed by atoms with van der Waals surface area (Å²) in [5.41, 5.74) is 5.02. The van der Waals surface area contributed by atoms with Crippen molar-refractivity contribution in [3.63, 3.8) is 0 Å². The van der Waals surface area contributed by atoms with E-state index in [1.807, 2.05) is 0 Å². The van der Waals surface area contributed by atoms with Crippen LogP contribution in [0, 0.1) is 62.1 Å². The number of aliphatic hydroxyl groups is 1. The average Bonchev–Trinajstić information content (AvgIpc) is 3.69. The molecule has 8 rings (SSSR count). The van der Waals surface area contributed by atoms with Crippen molar-refractivity contribution in [2.75, 3.05) is 39.4 Å². The van der Waals surface area contributed by atoms with Gasteiger partial charge in [-0.1, -0.05) is 41.5 Å². The molecule has 2 amide bonds. The van der Waals surface area contributed by atoms with Crippen LogP contribution in [0.2, 0.25) is 0 Å². The molecule has 50 heavy (non-hydrogen) atoms. The molecule has 13 unspecified atom stereocenters. The lowest BCUT2D eigenvalue weighted by Gasteiger charge is -2.65. The number of carbonyl (C=O) groups excluding carboxylic acids is 2. The monoisotopic (exact) mass is 696 g/mol. The van der Waals surface area contributed by atoms with Crippen molar-refractivity contribution in [2.45, 2.75) is 135 Å². The van der Waals surface area contributed by atoms with Crippen LogP contribution in [-0.4, -0.2) is 103 Å². The first-order valence-corrected chi connectivity index (χ1v) is 19.7. The summed E-state index contributed by atoms with van der Waals surface area (Å²) in [6.07, 6.45) is 4.59. The van der Waals surface area contributed by atoms with Crippen LogP contribution >= 0.6 is 0 Å². The van der Waals surface area contributed by atoms with Crippen LogP contribution in [0.4, 0.5) is 9.59 Å². The molecule has 3 saturated heterocycles. The normalized spacial score (nSPS) is 49.2. The van der Waals surface area contributed by atoms with Crippen LogP contribution in [-0.2, 0) is 18.9 Å². The van der Waals surface area contributed by atoms with E-state index < -0.39 is 34.7 Å². The number of nitrogens with zero attached hydrogens (tertiary/aromatic N) is 3. The van der Waals surface area contributed by atoms with Gasteiger partial charge >= 0.3 is 12.2 Å². The highest BCUT2D eigenvalue weighted by Crippen LogP contribution is 2.90. The lowest BCUT2D eigenvalue weighted by atomic mass is 9.39. The predicted molar refractivity (Wildman–Crippen MR) is 183 cm³/mol. The molecular weight excluding hydrogens is 636 g/mol. The van der Waals surface area contributed by atoms with E-state index >= 15 is 0 Å². The van der Waals surface area contributed by atoms with Crippen LogP contribution in [0.1, 0.15) is 99.3 Å². The van der Waals surface area contributed by atoms with Gasteiger partial charge in [0.15, 0.2) is 0 Å². The van der Waals surface area contributed by atoms with E-state index in [0.29, 0.717) is 32.7 Å². The standard InChI is InChI=1S/C39H60N4O7/c1-23(2)29(50-33(46)42-14-7-15-42)25-20-24(3)28-30(48-25)31(44)39(41)26-8-10-38(22-40)34(4,5)27(49-32(45)43-16-18-47-19-17-43)9-11-37(38)21-36(26,37)13-12-35(28,39)6/h23-31,44H,7-21,41H2,1-6H3.